The van der Waals surface area contributed by atoms with E-state index in [0.717, 1.165) is 11.6 Å². The first-order chi connectivity index (χ1) is 14.3. The molecule has 3 aromatic rings. The number of aryl methyl sites for hydroxylation is 1. The molecule has 0 saturated heterocycles. The topological polar surface area (TPSA) is 90.0 Å². The van der Waals surface area contributed by atoms with Gasteiger partial charge >= 0.3 is 0 Å². The van der Waals surface area contributed by atoms with Gasteiger partial charge in [-0.1, -0.05) is 41.9 Å². The van der Waals surface area contributed by atoms with E-state index in [4.69, 9.17) is 17.3 Å². The minimum absolute atomic E-state index is 0.0292. The predicted molar refractivity (Wildman–Crippen MR) is 115 cm³/mol. The van der Waals surface area contributed by atoms with Crippen molar-refractivity contribution < 1.29 is 14.0 Å². The van der Waals surface area contributed by atoms with Crippen LogP contribution in [0.1, 0.15) is 32.7 Å². The van der Waals surface area contributed by atoms with Crippen LogP contribution in [0.3, 0.4) is 0 Å². The van der Waals surface area contributed by atoms with Gasteiger partial charge in [0.2, 0.25) is 11.8 Å². The third-order valence-electron chi connectivity index (χ3n) is 4.57. The van der Waals surface area contributed by atoms with Crippen LogP contribution in [0.15, 0.2) is 48.5 Å². The van der Waals surface area contributed by atoms with E-state index in [0.29, 0.717) is 23.0 Å². The summed E-state index contributed by atoms with van der Waals surface area (Å²) < 4.78 is 15.6. The number of nitrogens with zero attached hydrogens (tertiary/aromatic N) is 2. The molecule has 2 amide bonds. The van der Waals surface area contributed by atoms with Crippen molar-refractivity contribution in [3.63, 3.8) is 0 Å². The van der Waals surface area contributed by atoms with Crippen molar-refractivity contribution >= 4 is 35.2 Å². The summed E-state index contributed by atoms with van der Waals surface area (Å²) in [6.07, 6.45) is 2.82. The summed E-state index contributed by atoms with van der Waals surface area (Å²) in [4.78, 5) is 23.7. The lowest BCUT2D eigenvalue weighted by atomic mass is 10.1. The molecule has 0 aliphatic carbocycles. The molecule has 154 valence electrons. The Hall–Kier alpha value is -3.45. The number of nitrogens with two attached hydrogens (primary N) is 1. The number of halogens is 2. The van der Waals surface area contributed by atoms with Gasteiger partial charge < -0.3 is 11.1 Å². The fourth-order valence-corrected chi connectivity index (χ4v) is 3.20. The average molecular weight is 427 g/mol. The summed E-state index contributed by atoms with van der Waals surface area (Å²) in [7, 11) is 0. The maximum absolute atomic E-state index is 14.0. The van der Waals surface area contributed by atoms with Gasteiger partial charge in [0.15, 0.2) is 0 Å². The Balaban J connectivity index is 1.78. The largest absolute Gasteiger partial charge is 0.366 e. The molecule has 0 aliphatic rings. The first-order valence-corrected chi connectivity index (χ1v) is 9.50. The van der Waals surface area contributed by atoms with Gasteiger partial charge in [0.1, 0.15) is 11.0 Å². The van der Waals surface area contributed by atoms with Gasteiger partial charge in [0.05, 0.1) is 12.2 Å². The molecule has 2 aromatic carbocycles. The van der Waals surface area contributed by atoms with Crippen molar-refractivity contribution in [2.75, 3.05) is 5.32 Å². The van der Waals surface area contributed by atoms with Crippen molar-refractivity contribution in [1.82, 2.24) is 9.78 Å². The Morgan fingerprint density at radius 2 is 1.93 bits per heavy atom. The molecule has 0 fully saturated rings. The number of carbonyl (C=O) groups is 2. The summed E-state index contributed by atoms with van der Waals surface area (Å²) in [6.45, 7) is 3.79. The molecule has 0 bridgehead atoms. The Bertz CT molecular complexity index is 1140. The van der Waals surface area contributed by atoms with Crippen LogP contribution in [0.5, 0.6) is 0 Å². The third-order valence-corrected chi connectivity index (χ3v) is 4.97. The Kier molecular flexibility index (Phi) is 6.32. The second-order valence-corrected chi connectivity index (χ2v) is 7.11. The number of primary amides is 1. The fraction of sp³-hybridized carbons (Fsp3) is 0.136. The second-order valence-electron chi connectivity index (χ2n) is 6.75. The second kappa shape index (κ2) is 8.92. The average Bonchev–Trinajstić information content (AvgIpc) is 2.97. The number of hydrogen-bond donors (Lipinski definition) is 2. The molecule has 0 atom stereocenters. The number of amides is 2. The van der Waals surface area contributed by atoms with Gasteiger partial charge in [-0.3, -0.25) is 9.59 Å². The molecule has 30 heavy (non-hydrogen) atoms. The molecule has 0 aliphatic heterocycles. The lowest BCUT2D eigenvalue weighted by molar-refractivity contribution is -0.111. The monoisotopic (exact) mass is 426 g/mol. The van der Waals surface area contributed by atoms with Crippen LogP contribution >= 0.6 is 11.6 Å². The summed E-state index contributed by atoms with van der Waals surface area (Å²) in [6, 6.07) is 12.1. The molecule has 0 unspecified atom stereocenters. The van der Waals surface area contributed by atoms with Gasteiger partial charge in [-0.15, -0.1) is 0 Å². The van der Waals surface area contributed by atoms with E-state index >= 15 is 0 Å². The molecule has 1 heterocycles. The molecule has 3 rings (SSSR count). The van der Waals surface area contributed by atoms with E-state index in [1.54, 1.807) is 17.7 Å². The minimum Gasteiger partial charge on any atom is -0.366 e. The van der Waals surface area contributed by atoms with E-state index < -0.39 is 17.6 Å². The number of aromatic nitrogens is 2. The third kappa shape index (κ3) is 4.75. The zero-order valence-electron chi connectivity index (χ0n) is 16.4. The number of nitrogens with one attached hydrogen (secondary N) is 1. The highest BCUT2D eigenvalue weighted by molar-refractivity contribution is 6.31. The fourth-order valence-electron chi connectivity index (χ4n) is 2.90. The number of anilines is 1. The van der Waals surface area contributed by atoms with Gasteiger partial charge in [-0.25, -0.2) is 9.07 Å². The van der Waals surface area contributed by atoms with E-state index in [1.807, 2.05) is 30.3 Å². The molecular weight excluding hydrogens is 407 g/mol. The van der Waals surface area contributed by atoms with Crippen molar-refractivity contribution in [3.8, 4) is 0 Å². The molecule has 3 N–H and O–H groups in total. The van der Waals surface area contributed by atoms with Gasteiger partial charge in [0, 0.05) is 28.5 Å². The lowest BCUT2D eigenvalue weighted by Crippen LogP contribution is -2.15. The lowest BCUT2D eigenvalue weighted by Gasteiger charge is -2.09. The first kappa shape index (κ1) is 21.3. The number of carbonyl (C=O) groups excluding carboxylic acids is 2. The first-order valence-electron chi connectivity index (χ1n) is 9.12. The standard InChI is InChI=1S/C22H20ClFN4O2/c1-13-18(24)10-16(22(25)30)11-19(13)26-20(29)9-8-17-14(2)27-28(21(17)23)12-15-6-4-3-5-7-15/h3-11H,12H2,1-2H3,(H2,25,30)(H,26,29)/b9-8+. The zero-order valence-corrected chi connectivity index (χ0v) is 17.2. The van der Waals surface area contributed by atoms with Crippen LogP contribution in [0.2, 0.25) is 5.15 Å². The van der Waals surface area contributed by atoms with E-state index in [-0.39, 0.29) is 16.8 Å². The molecular formula is C22H20ClFN4O2. The zero-order chi connectivity index (χ0) is 21.8. The Labute approximate surface area is 178 Å². The summed E-state index contributed by atoms with van der Waals surface area (Å²) >= 11 is 6.44. The summed E-state index contributed by atoms with van der Waals surface area (Å²) in [5, 5.41) is 7.38. The van der Waals surface area contributed by atoms with Crippen LogP contribution in [-0.4, -0.2) is 21.6 Å². The smallest absolute Gasteiger partial charge is 0.248 e. The van der Waals surface area contributed by atoms with Crippen molar-refractivity contribution in [2.45, 2.75) is 20.4 Å². The normalized spacial score (nSPS) is 11.1. The molecule has 0 saturated carbocycles. The highest BCUT2D eigenvalue weighted by Gasteiger charge is 2.14. The molecule has 0 radical (unpaired) electrons. The van der Waals surface area contributed by atoms with Crippen molar-refractivity contribution in [3.05, 3.63) is 87.5 Å². The van der Waals surface area contributed by atoms with Crippen LogP contribution in [0.25, 0.3) is 6.08 Å². The minimum atomic E-state index is -0.784. The quantitative estimate of drug-likeness (QED) is 0.581. The van der Waals surface area contributed by atoms with Gasteiger partial charge in [-0.2, -0.15) is 5.10 Å². The number of hydrogen-bond acceptors (Lipinski definition) is 3. The van der Waals surface area contributed by atoms with E-state index in [9.17, 15) is 14.0 Å². The van der Waals surface area contributed by atoms with E-state index in [2.05, 4.69) is 10.4 Å². The highest BCUT2D eigenvalue weighted by atomic mass is 35.5. The predicted octanol–water partition coefficient (Wildman–Crippen LogP) is 4.09. The van der Waals surface area contributed by atoms with Gasteiger partial charge in [0.25, 0.3) is 0 Å². The maximum atomic E-state index is 14.0. The highest BCUT2D eigenvalue weighted by Crippen LogP contribution is 2.23. The SMILES string of the molecule is Cc1nn(Cc2ccccc2)c(Cl)c1/C=C/C(=O)Nc1cc(C(N)=O)cc(F)c1C. The van der Waals surface area contributed by atoms with Crippen LogP contribution in [0.4, 0.5) is 10.1 Å². The molecule has 6 nitrogen and oxygen atoms in total. The molecule has 8 heteroatoms. The van der Waals surface area contributed by atoms with Crippen LogP contribution in [-0.2, 0) is 11.3 Å². The van der Waals surface area contributed by atoms with Crippen molar-refractivity contribution in [1.29, 1.82) is 0 Å². The molecule has 1 aromatic heterocycles. The summed E-state index contributed by atoms with van der Waals surface area (Å²) in [5.74, 6) is -1.93. The molecule has 0 spiro atoms. The van der Waals surface area contributed by atoms with Crippen LogP contribution in [0, 0.1) is 19.7 Å². The Morgan fingerprint density at radius 1 is 1.23 bits per heavy atom. The maximum Gasteiger partial charge on any atom is 0.248 e. The number of benzene rings is 2. The summed E-state index contributed by atoms with van der Waals surface area (Å²) in [5.41, 5.74) is 7.86. The van der Waals surface area contributed by atoms with Crippen LogP contribution < -0.4 is 11.1 Å². The Morgan fingerprint density at radius 3 is 2.60 bits per heavy atom. The van der Waals surface area contributed by atoms with E-state index in [1.165, 1.54) is 19.1 Å². The van der Waals surface area contributed by atoms with Crippen molar-refractivity contribution in [2.24, 2.45) is 5.73 Å². The van der Waals surface area contributed by atoms with Gasteiger partial charge in [-0.05, 0) is 37.6 Å². The number of rotatable bonds is 6.